The molecule has 0 rings (SSSR count). The average molecular weight is 207 g/mol. The minimum atomic E-state index is -0.980. The van der Waals surface area contributed by atoms with Crippen molar-refractivity contribution in [1.82, 2.24) is 0 Å². The van der Waals surface area contributed by atoms with E-state index in [1.807, 2.05) is 0 Å². The van der Waals surface area contributed by atoms with Gasteiger partial charge < -0.3 is 9.84 Å². The second-order valence-corrected chi connectivity index (χ2v) is 1.52. The highest BCUT2D eigenvalue weighted by Crippen LogP contribution is 1.68. The minimum absolute atomic E-state index is 0. The van der Waals surface area contributed by atoms with Gasteiger partial charge in [-0.25, -0.2) is 4.79 Å². The maximum Gasteiger partial charge on any atom is 0.329 e. The van der Waals surface area contributed by atoms with Gasteiger partial charge in [-0.1, -0.05) is 6.58 Å². The molecule has 0 aliphatic carbocycles. The second kappa shape index (κ2) is 13.3. The predicted octanol–water partition coefficient (Wildman–Crippen LogP) is -0.261. The molecule has 0 aromatic carbocycles. The average Bonchev–Trinajstić information content (AvgIpc) is 2.04. The number of methoxy groups -OCH3 is 1. The number of ether oxygens (including phenoxy) is 1. The zero-order valence-electron chi connectivity index (χ0n) is 6.04. The molecule has 12 heavy (non-hydrogen) atoms. The molecule has 0 aliphatic heterocycles. The molecule has 0 radical (unpaired) electrons. The fourth-order valence-electron chi connectivity index (χ4n) is 0.0833. The Morgan fingerprint density at radius 1 is 1.67 bits per heavy atom. The summed E-state index contributed by atoms with van der Waals surface area (Å²) in [7, 11) is 1.31. The van der Waals surface area contributed by atoms with E-state index < -0.39 is 11.9 Å². The Kier molecular flexibility index (Phi) is 19.7. The van der Waals surface area contributed by atoms with Crippen LogP contribution in [0.4, 0.5) is 0 Å². The lowest BCUT2D eigenvalue weighted by atomic mass is 10.7. The number of hydrogen-bond donors (Lipinski definition) is 1. The van der Waals surface area contributed by atoms with Gasteiger partial charge in [0.15, 0.2) is 0 Å². The molecule has 0 unspecified atom stereocenters. The van der Waals surface area contributed by atoms with Gasteiger partial charge in [0.2, 0.25) is 0 Å². The molecule has 6 heteroatoms. The maximum absolute atomic E-state index is 9.84. The van der Waals surface area contributed by atoms with Gasteiger partial charge in [-0.15, -0.1) is 11.6 Å². The van der Waals surface area contributed by atoms with Gasteiger partial charge in [0.25, 0.3) is 0 Å². The van der Waals surface area contributed by atoms with Crippen molar-refractivity contribution in [1.29, 1.82) is 0 Å². The quantitative estimate of drug-likeness (QED) is 0.293. The normalized spacial score (nSPS) is 6.50. The molecule has 0 saturated heterocycles. The number of aliphatic carboxylic acids is 1. The molecule has 0 atom stereocenters. The van der Waals surface area contributed by atoms with Gasteiger partial charge in [0, 0.05) is 6.08 Å². The van der Waals surface area contributed by atoms with E-state index in [-0.39, 0.29) is 28.9 Å². The summed E-state index contributed by atoms with van der Waals surface area (Å²) in [6.07, 6.45) is 1.11. The molecule has 0 spiro atoms. The minimum Gasteiger partial charge on any atom is -0.480 e. The molecule has 68 valence electrons. The number of rotatable bonds is 2. The van der Waals surface area contributed by atoms with Crippen LogP contribution >= 0.6 is 11.6 Å². The molecule has 0 bridgehead atoms. The number of carbonyl (C=O) groups excluding carboxylic acids is 1. The summed E-state index contributed by atoms with van der Waals surface area (Å²) in [5.74, 6) is -1.68. The number of carboxylic acid groups (broad SMARTS) is 1. The summed E-state index contributed by atoms with van der Waals surface area (Å²) in [4.78, 5) is 19.1. The largest absolute Gasteiger partial charge is 0.480 e. The van der Waals surface area contributed by atoms with Crippen molar-refractivity contribution in [2.75, 3.05) is 13.0 Å². The van der Waals surface area contributed by atoms with E-state index in [9.17, 15) is 9.59 Å². The Bertz CT molecular complexity index is 148. The van der Waals surface area contributed by atoms with Crippen molar-refractivity contribution in [3.63, 3.8) is 0 Å². The van der Waals surface area contributed by atoms with Crippen LogP contribution in [0.25, 0.3) is 0 Å². The Hall–Kier alpha value is -0.264. The summed E-state index contributed by atoms with van der Waals surface area (Å²) in [5.41, 5.74) is 0. The highest BCUT2D eigenvalue weighted by molar-refractivity contribution is 6.26. The highest BCUT2D eigenvalue weighted by Gasteiger charge is 1.83. The summed E-state index contributed by atoms with van der Waals surface area (Å²) in [5, 5.41) is 7.59. The second-order valence-electron chi connectivity index (χ2n) is 1.25. The van der Waals surface area contributed by atoms with Crippen molar-refractivity contribution < 1.29 is 19.4 Å². The summed E-state index contributed by atoms with van der Waals surface area (Å²) in [6.45, 7) is 3.16. The van der Waals surface area contributed by atoms with Crippen LogP contribution in [-0.4, -0.2) is 53.1 Å². The van der Waals surface area contributed by atoms with Crippen LogP contribution in [0.1, 0.15) is 0 Å². The molecule has 0 aliphatic rings. The van der Waals surface area contributed by atoms with Crippen molar-refractivity contribution in [2.45, 2.75) is 0 Å². The van der Waals surface area contributed by atoms with Crippen LogP contribution in [0.15, 0.2) is 12.7 Å². The number of carbonyl (C=O) groups is 2. The monoisotopic (exact) mass is 206 g/mol. The van der Waals surface area contributed by atoms with Crippen LogP contribution in [-0.2, 0) is 14.3 Å². The number of alkyl halides is 1. The third kappa shape index (κ3) is 22.6. The number of esters is 1. The van der Waals surface area contributed by atoms with Crippen molar-refractivity contribution in [2.24, 2.45) is 0 Å². The Morgan fingerprint density at radius 2 is 2.00 bits per heavy atom. The fourth-order valence-corrected chi connectivity index (χ4v) is 0.0833. The van der Waals surface area contributed by atoms with Crippen LogP contribution in [0.5, 0.6) is 0 Å². The molecular weight excluding hydrogens is 196 g/mol. The molecule has 0 amide bonds. The smallest absolute Gasteiger partial charge is 0.329 e. The first-order valence-electron chi connectivity index (χ1n) is 2.56. The van der Waals surface area contributed by atoms with Gasteiger partial charge in [0.05, 0.1) is 7.11 Å². The SMILES string of the molecule is C=CC(=O)OC.O=C(O)CCl.[MgH2]. The van der Waals surface area contributed by atoms with Gasteiger partial charge >= 0.3 is 35.0 Å². The van der Waals surface area contributed by atoms with Gasteiger partial charge in [0.1, 0.15) is 5.88 Å². The van der Waals surface area contributed by atoms with E-state index in [0.717, 1.165) is 6.08 Å². The maximum atomic E-state index is 9.84. The standard InChI is InChI=1S/C4H6O2.C2H3ClO2.Mg.2H/c1-3-4(5)6-2;3-1-2(4)5;;;/h3H,1H2,2H3;1H2,(H,4,5);;;. The molecule has 0 fully saturated rings. The van der Waals surface area contributed by atoms with E-state index in [4.69, 9.17) is 16.7 Å². The van der Waals surface area contributed by atoms with Crippen LogP contribution in [0.3, 0.4) is 0 Å². The lowest BCUT2D eigenvalue weighted by Crippen LogP contribution is -1.92. The molecule has 0 aromatic heterocycles. The van der Waals surface area contributed by atoms with E-state index >= 15 is 0 Å². The molecular formula is C6H11ClMgO4. The fraction of sp³-hybridized carbons (Fsp3) is 0.333. The third-order valence-electron chi connectivity index (χ3n) is 0.482. The summed E-state index contributed by atoms with van der Waals surface area (Å²) < 4.78 is 4.14. The van der Waals surface area contributed by atoms with Gasteiger partial charge in [-0.3, -0.25) is 4.79 Å². The highest BCUT2D eigenvalue weighted by atomic mass is 35.5. The topological polar surface area (TPSA) is 63.6 Å². The van der Waals surface area contributed by atoms with E-state index in [0.29, 0.717) is 0 Å². The van der Waals surface area contributed by atoms with Crippen LogP contribution in [0.2, 0.25) is 0 Å². The first-order chi connectivity index (χ1) is 5.08. The third-order valence-corrected chi connectivity index (χ3v) is 0.711. The molecule has 4 nitrogen and oxygen atoms in total. The van der Waals surface area contributed by atoms with Crippen molar-refractivity contribution in [3.8, 4) is 0 Å². The lowest BCUT2D eigenvalue weighted by molar-refractivity contribution is -0.135. The van der Waals surface area contributed by atoms with Crippen molar-refractivity contribution in [3.05, 3.63) is 12.7 Å². The number of carboxylic acids is 1. The first kappa shape index (κ1) is 17.7. The zero-order valence-corrected chi connectivity index (χ0v) is 6.80. The lowest BCUT2D eigenvalue weighted by Gasteiger charge is -1.83. The molecule has 1 N–H and O–H groups in total. The Balaban J connectivity index is -0.000000126. The Morgan fingerprint density at radius 3 is 2.00 bits per heavy atom. The molecule has 0 aromatic rings. The Labute approximate surface area is 91.7 Å². The van der Waals surface area contributed by atoms with E-state index in [1.165, 1.54) is 7.11 Å². The number of halogens is 1. The van der Waals surface area contributed by atoms with E-state index in [2.05, 4.69) is 11.3 Å². The molecule has 0 heterocycles. The summed E-state index contributed by atoms with van der Waals surface area (Å²) >= 11 is 4.74. The summed E-state index contributed by atoms with van der Waals surface area (Å²) in [6, 6.07) is 0. The zero-order chi connectivity index (χ0) is 9.28. The van der Waals surface area contributed by atoms with Crippen LogP contribution < -0.4 is 0 Å². The first-order valence-corrected chi connectivity index (χ1v) is 3.10. The van der Waals surface area contributed by atoms with Crippen LogP contribution in [0, 0.1) is 0 Å². The van der Waals surface area contributed by atoms with Gasteiger partial charge in [-0.05, 0) is 0 Å². The predicted molar refractivity (Wildman–Crippen MR) is 49.1 cm³/mol. The molecule has 0 saturated carbocycles. The number of hydrogen-bond acceptors (Lipinski definition) is 3. The van der Waals surface area contributed by atoms with Crippen molar-refractivity contribution >= 4 is 46.6 Å². The van der Waals surface area contributed by atoms with Gasteiger partial charge in [-0.2, -0.15) is 0 Å². The van der Waals surface area contributed by atoms with E-state index in [1.54, 1.807) is 0 Å².